The maximum atomic E-state index is 11.0. The number of rotatable bonds is 3. The van der Waals surface area contributed by atoms with Gasteiger partial charge in [0, 0.05) is 12.1 Å². The van der Waals surface area contributed by atoms with Crippen molar-refractivity contribution in [2.24, 2.45) is 5.73 Å². The van der Waals surface area contributed by atoms with Crippen molar-refractivity contribution >= 4 is 16.5 Å². The third kappa shape index (κ3) is 2.44. The van der Waals surface area contributed by atoms with Gasteiger partial charge in [-0.25, -0.2) is 0 Å². The molecular formula is C18H16N2O2. The lowest BCUT2D eigenvalue weighted by Crippen LogP contribution is -2.14. The normalized spacial score (nSPS) is 12.3. The van der Waals surface area contributed by atoms with E-state index in [9.17, 15) is 10.1 Å². The Kier molecular flexibility index (Phi) is 3.61. The molecule has 3 rings (SSSR count). The van der Waals surface area contributed by atoms with Crippen molar-refractivity contribution in [3.63, 3.8) is 0 Å². The van der Waals surface area contributed by atoms with Crippen LogP contribution in [-0.4, -0.2) is 4.92 Å². The molecular weight excluding hydrogens is 276 g/mol. The number of hydrogen-bond acceptors (Lipinski definition) is 3. The molecule has 0 aliphatic rings. The van der Waals surface area contributed by atoms with Crippen LogP contribution in [0.25, 0.3) is 10.8 Å². The molecule has 3 aromatic rings. The Morgan fingerprint density at radius 2 is 1.73 bits per heavy atom. The molecule has 0 aliphatic heterocycles. The van der Waals surface area contributed by atoms with Gasteiger partial charge in [0.05, 0.1) is 11.0 Å². The number of fused-ring (bicyclic) bond motifs is 1. The van der Waals surface area contributed by atoms with E-state index in [2.05, 4.69) is 0 Å². The molecule has 0 aliphatic carbocycles. The number of nitro benzene ring substituents is 1. The summed E-state index contributed by atoms with van der Waals surface area (Å²) in [5, 5.41) is 13.2. The second-order valence-corrected chi connectivity index (χ2v) is 5.34. The molecule has 0 radical (unpaired) electrons. The summed E-state index contributed by atoms with van der Waals surface area (Å²) in [5.74, 6) is 0. The van der Waals surface area contributed by atoms with Crippen LogP contribution < -0.4 is 5.73 Å². The first kappa shape index (κ1) is 14.2. The lowest BCUT2D eigenvalue weighted by Gasteiger charge is -2.17. The lowest BCUT2D eigenvalue weighted by molar-refractivity contribution is -0.384. The summed E-state index contributed by atoms with van der Waals surface area (Å²) in [6, 6.07) is 18.4. The first-order chi connectivity index (χ1) is 10.6. The predicted octanol–water partition coefficient (Wildman–Crippen LogP) is 4.10. The number of aryl methyl sites for hydroxylation is 1. The van der Waals surface area contributed by atoms with E-state index in [1.807, 2.05) is 49.4 Å². The Balaban J connectivity index is 2.16. The van der Waals surface area contributed by atoms with Crippen LogP contribution in [0.1, 0.15) is 22.7 Å². The fourth-order valence-corrected chi connectivity index (χ4v) is 2.77. The minimum atomic E-state index is -0.397. The zero-order valence-corrected chi connectivity index (χ0v) is 12.2. The molecule has 4 nitrogen and oxygen atoms in total. The van der Waals surface area contributed by atoms with Crippen LogP contribution in [-0.2, 0) is 0 Å². The zero-order chi connectivity index (χ0) is 15.7. The highest BCUT2D eigenvalue weighted by atomic mass is 16.6. The van der Waals surface area contributed by atoms with Crippen LogP contribution >= 0.6 is 0 Å². The van der Waals surface area contributed by atoms with Gasteiger partial charge in [0.25, 0.3) is 5.69 Å². The van der Waals surface area contributed by atoms with Gasteiger partial charge in [-0.3, -0.25) is 10.1 Å². The molecule has 0 saturated carbocycles. The maximum Gasteiger partial charge on any atom is 0.269 e. The van der Waals surface area contributed by atoms with Gasteiger partial charge >= 0.3 is 0 Å². The Labute approximate surface area is 128 Å². The van der Waals surface area contributed by atoms with Gasteiger partial charge in [-0.1, -0.05) is 48.5 Å². The van der Waals surface area contributed by atoms with Gasteiger partial charge in [0.15, 0.2) is 0 Å². The SMILES string of the molecule is Cc1ccc([N+](=O)[O-])cc1C(N)c1cccc2ccccc12. The quantitative estimate of drug-likeness (QED) is 0.583. The van der Waals surface area contributed by atoms with Gasteiger partial charge in [-0.05, 0) is 34.4 Å². The summed E-state index contributed by atoms with van der Waals surface area (Å²) in [6.07, 6.45) is 0. The van der Waals surface area contributed by atoms with Crippen molar-refractivity contribution in [1.82, 2.24) is 0 Å². The van der Waals surface area contributed by atoms with Gasteiger partial charge < -0.3 is 5.73 Å². The van der Waals surface area contributed by atoms with Gasteiger partial charge in [-0.2, -0.15) is 0 Å². The number of nitrogens with zero attached hydrogens (tertiary/aromatic N) is 1. The Hall–Kier alpha value is -2.72. The molecule has 2 N–H and O–H groups in total. The van der Waals surface area contributed by atoms with E-state index in [4.69, 9.17) is 5.73 Å². The average molecular weight is 292 g/mol. The van der Waals surface area contributed by atoms with E-state index in [0.717, 1.165) is 27.5 Å². The molecule has 0 spiro atoms. The molecule has 3 aromatic carbocycles. The summed E-state index contributed by atoms with van der Waals surface area (Å²) < 4.78 is 0. The Bertz CT molecular complexity index is 853. The highest BCUT2D eigenvalue weighted by molar-refractivity contribution is 5.86. The summed E-state index contributed by atoms with van der Waals surface area (Å²) in [7, 11) is 0. The van der Waals surface area contributed by atoms with Crippen LogP contribution in [0.4, 0.5) is 5.69 Å². The van der Waals surface area contributed by atoms with E-state index in [1.165, 1.54) is 6.07 Å². The van der Waals surface area contributed by atoms with Crippen LogP contribution in [0, 0.1) is 17.0 Å². The number of hydrogen-bond donors (Lipinski definition) is 1. The molecule has 4 heteroatoms. The smallest absolute Gasteiger partial charge is 0.269 e. The van der Waals surface area contributed by atoms with E-state index >= 15 is 0 Å². The van der Waals surface area contributed by atoms with Gasteiger partial charge in [-0.15, -0.1) is 0 Å². The second kappa shape index (κ2) is 5.58. The number of benzene rings is 3. The van der Waals surface area contributed by atoms with E-state index in [1.54, 1.807) is 12.1 Å². The van der Waals surface area contributed by atoms with E-state index < -0.39 is 11.0 Å². The topological polar surface area (TPSA) is 69.2 Å². The molecule has 1 atom stereocenters. The molecule has 110 valence electrons. The van der Waals surface area contributed by atoms with Crippen molar-refractivity contribution in [3.05, 3.63) is 87.5 Å². The fourth-order valence-electron chi connectivity index (χ4n) is 2.77. The highest BCUT2D eigenvalue weighted by Gasteiger charge is 2.17. The summed E-state index contributed by atoms with van der Waals surface area (Å²) in [4.78, 5) is 10.6. The largest absolute Gasteiger partial charge is 0.320 e. The van der Waals surface area contributed by atoms with Gasteiger partial charge in [0.2, 0.25) is 0 Å². The van der Waals surface area contributed by atoms with Crippen molar-refractivity contribution in [3.8, 4) is 0 Å². The van der Waals surface area contributed by atoms with Crippen molar-refractivity contribution in [2.75, 3.05) is 0 Å². The number of nitro groups is 1. The summed E-state index contributed by atoms with van der Waals surface area (Å²) in [6.45, 7) is 1.92. The van der Waals surface area contributed by atoms with E-state index in [-0.39, 0.29) is 5.69 Å². The minimum Gasteiger partial charge on any atom is -0.320 e. The molecule has 1 unspecified atom stereocenters. The van der Waals surface area contributed by atoms with Crippen LogP contribution in [0.2, 0.25) is 0 Å². The first-order valence-corrected chi connectivity index (χ1v) is 7.06. The first-order valence-electron chi connectivity index (χ1n) is 7.06. The minimum absolute atomic E-state index is 0.0660. The molecule has 0 aromatic heterocycles. The molecule has 22 heavy (non-hydrogen) atoms. The van der Waals surface area contributed by atoms with Crippen molar-refractivity contribution in [2.45, 2.75) is 13.0 Å². The molecule has 0 amide bonds. The van der Waals surface area contributed by atoms with Crippen LogP contribution in [0.5, 0.6) is 0 Å². The molecule has 0 heterocycles. The van der Waals surface area contributed by atoms with E-state index in [0.29, 0.717) is 0 Å². The predicted molar refractivity (Wildman–Crippen MR) is 87.8 cm³/mol. The summed E-state index contributed by atoms with van der Waals surface area (Å²) >= 11 is 0. The Morgan fingerprint density at radius 1 is 1.00 bits per heavy atom. The molecule has 0 saturated heterocycles. The summed E-state index contributed by atoms with van der Waals surface area (Å²) in [5.41, 5.74) is 9.20. The van der Waals surface area contributed by atoms with Crippen molar-refractivity contribution < 1.29 is 4.92 Å². The van der Waals surface area contributed by atoms with Crippen molar-refractivity contribution in [1.29, 1.82) is 0 Å². The maximum absolute atomic E-state index is 11.0. The number of non-ortho nitro benzene ring substituents is 1. The standard InChI is InChI=1S/C18H16N2O2/c1-12-9-10-14(20(21)22)11-17(12)18(19)16-8-4-6-13-5-2-3-7-15(13)16/h2-11,18H,19H2,1H3. The monoisotopic (exact) mass is 292 g/mol. The highest BCUT2D eigenvalue weighted by Crippen LogP contribution is 2.30. The third-order valence-electron chi connectivity index (χ3n) is 3.97. The third-order valence-corrected chi connectivity index (χ3v) is 3.97. The Morgan fingerprint density at radius 3 is 2.50 bits per heavy atom. The average Bonchev–Trinajstić information content (AvgIpc) is 2.54. The second-order valence-electron chi connectivity index (χ2n) is 5.34. The van der Waals surface area contributed by atoms with Gasteiger partial charge in [0.1, 0.15) is 0 Å². The molecule has 0 fully saturated rings. The number of nitrogens with two attached hydrogens (primary N) is 1. The van der Waals surface area contributed by atoms with Crippen LogP contribution in [0.15, 0.2) is 60.7 Å². The van der Waals surface area contributed by atoms with Crippen LogP contribution in [0.3, 0.4) is 0 Å². The fraction of sp³-hybridized carbons (Fsp3) is 0.111. The zero-order valence-electron chi connectivity index (χ0n) is 12.2. The lowest BCUT2D eigenvalue weighted by atomic mass is 9.92. The molecule has 0 bridgehead atoms.